The van der Waals surface area contributed by atoms with Gasteiger partial charge in [0, 0.05) is 16.1 Å². The second kappa shape index (κ2) is 16.1. The van der Waals surface area contributed by atoms with Gasteiger partial charge in [-0.05, 0) is 42.8 Å². The predicted molar refractivity (Wildman–Crippen MR) is 144 cm³/mol. The molecular weight excluding hydrogens is 478 g/mol. The quantitative estimate of drug-likeness (QED) is 0.0995. The highest BCUT2D eigenvalue weighted by Gasteiger charge is 2.31. The van der Waals surface area contributed by atoms with E-state index < -0.39 is 23.3 Å². The fourth-order valence-electron chi connectivity index (χ4n) is 3.97. The molecule has 2 rings (SSSR count). The Morgan fingerprint density at radius 3 is 2.17 bits per heavy atom. The number of aliphatic carboxylic acids is 1. The molecule has 0 aliphatic carbocycles. The number of nitrogen functional groups attached to an aromatic ring is 1. The van der Waals surface area contributed by atoms with E-state index in [9.17, 15) is 24.9 Å². The Morgan fingerprint density at radius 2 is 1.56 bits per heavy atom. The van der Waals surface area contributed by atoms with E-state index in [0.29, 0.717) is 28.5 Å². The summed E-state index contributed by atoms with van der Waals surface area (Å²) in [5, 5.41) is 28.4. The standard InChI is InChI=1S/C28H39NO6S/c1-2-3-4-5-6-7-8-9-10-11-17-35-24-16-15-21(29)19-23(24)26(25(30)28(33)34)36-22-14-12-13-20(18-22)27(31)32/h12-16,18-19,25-26,30H,2-11,17,29H2,1H3,(H,31,32)(H,33,34). The topological polar surface area (TPSA) is 130 Å². The van der Waals surface area contributed by atoms with Crippen LogP contribution in [-0.2, 0) is 4.79 Å². The van der Waals surface area contributed by atoms with Crippen LogP contribution in [0.3, 0.4) is 0 Å². The summed E-state index contributed by atoms with van der Waals surface area (Å²) in [6.07, 6.45) is 10.4. The number of ether oxygens (including phenoxy) is 1. The molecule has 0 bridgehead atoms. The molecule has 198 valence electrons. The number of carbonyl (C=O) groups is 2. The Hall–Kier alpha value is -2.71. The lowest BCUT2D eigenvalue weighted by Gasteiger charge is -2.23. The van der Waals surface area contributed by atoms with Crippen LogP contribution in [-0.4, -0.2) is 40.0 Å². The van der Waals surface area contributed by atoms with Gasteiger partial charge in [0.15, 0.2) is 6.10 Å². The van der Waals surface area contributed by atoms with Gasteiger partial charge in [-0.25, -0.2) is 9.59 Å². The van der Waals surface area contributed by atoms with Crippen LogP contribution in [0, 0.1) is 0 Å². The zero-order valence-corrected chi connectivity index (χ0v) is 21.8. The smallest absolute Gasteiger partial charge is 0.335 e. The zero-order valence-electron chi connectivity index (χ0n) is 21.0. The Morgan fingerprint density at radius 1 is 0.917 bits per heavy atom. The van der Waals surface area contributed by atoms with E-state index in [1.165, 1.54) is 57.1 Å². The predicted octanol–water partition coefficient (Wildman–Crippen LogP) is 6.55. The molecule has 0 aromatic heterocycles. The first-order valence-electron chi connectivity index (χ1n) is 12.8. The highest BCUT2D eigenvalue weighted by atomic mass is 32.2. The highest BCUT2D eigenvalue weighted by Crippen LogP contribution is 2.43. The third kappa shape index (κ3) is 10.1. The van der Waals surface area contributed by atoms with Crippen molar-refractivity contribution in [1.29, 1.82) is 0 Å². The molecule has 0 aliphatic heterocycles. The molecule has 0 radical (unpaired) electrons. The van der Waals surface area contributed by atoms with Crippen LogP contribution in [0.2, 0.25) is 0 Å². The number of aliphatic hydroxyl groups is 1. The summed E-state index contributed by atoms with van der Waals surface area (Å²) in [7, 11) is 0. The third-order valence-electron chi connectivity index (χ3n) is 5.98. The molecule has 0 fully saturated rings. The maximum absolute atomic E-state index is 11.7. The average molecular weight is 518 g/mol. The maximum Gasteiger partial charge on any atom is 0.335 e. The molecular formula is C28H39NO6S. The van der Waals surface area contributed by atoms with Crippen molar-refractivity contribution >= 4 is 29.4 Å². The number of carboxylic acids is 2. The van der Waals surface area contributed by atoms with E-state index >= 15 is 0 Å². The molecule has 8 heteroatoms. The van der Waals surface area contributed by atoms with Crippen molar-refractivity contribution in [3.8, 4) is 5.75 Å². The van der Waals surface area contributed by atoms with Crippen LogP contribution in [0.4, 0.5) is 5.69 Å². The van der Waals surface area contributed by atoms with Gasteiger partial charge < -0.3 is 25.8 Å². The van der Waals surface area contributed by atoms with Gasteiger partial charge in [-0.15, -0.1) is 11.8 Å². The summed E-state index contributed by atoms with van der Waals surface area (Å²) in [6, 6.07) is 11.1. The van der Waals surface area contributed by atoms with E-state index in [-0.39, 0.29) is 5.56 Å². The van der Waals surface area contributed by atoms with Crippen molar-refractivity contribution in [2.75, 3.05) is 12.3 Å². The number of nitrogens with two attached hydrogens (primary N) is 1. The number of hydrogen-bond donors (Lipinski definition) is 4. The molecule has 0 amide bonds. The Bertz CT molecular complexity index is 967. The molecule has 2 atom stereocenters. The summed E-state index contributed by atoms with van der Waals surface area (Å²) in [5.41, 5.74) is 6.94. The molecule has 36 heavy (non-hydrogen) atoms. The van der Waals surface area contributed by atoms with E-state index in [1.54, 1.807) is 30.3 Å². The molecule has 0 saturated heterocycles. The lowest BCUT2D eigenvalue weighted by atomic mass is 10.0. The Labute approximate surface area is 218 Å². The van der Waals surface area contributed by atoms with Gasteiger partial charge in [0.2, 0.25) is 0 Å². The first-order chi connectivity index (χ1) is 17.3. The van der Waals surface area contributed by atoms with Crippen LogP contribution >= 0.6 is 11.8 Å². The largest absolute Gasteiger partial charge is 0.493 e. The molecule has 7 nitrogen and oxygen atoms in total. The highest BCUT2D eigenvalue weighted by molar-refractivity contribution is 7.99. The van der Waals surface area contributed by atoms with Gasteiger partial charge in [-0.3, -0.25) is 0 Å². The molecule has 2 unspecified atom stereocenters. The fourth-order valence-corrected chi connectivity index (χ4v) is 5.17. The Balaban J connectivity index is 2.01. The monoisotopic (exact) mass is 517 g/mol. The lowest BCUT2D eigenvalue weighted by Crippen LogP contribution is -2.26. The van der Waals surface area contributed by atoms with E-state index in [0.717, 1.165) is 31.0 Å². The minimum Gasteiger partial charge on any atom is -0.493 e. The van der Waals surface area contributed by atoms with Crippen molar-refractivity contribution in [3.05, 3.63) is 53.6 Å². The van der Waals surface area contributed by atoms with E-state index in [4.69, 9.17) is 10.5 Å². The Kier molecular flexibility index (Phi) is 13.2. The number of aliphatic hydroxyl groups excluding tert-OH is 1. The number of unbranched alkanes of at least 4 members (excludes halogenated alkanes) is 9. The van der Waals surface area contributed by atoms with E-state index in [2.05, 4.69) is 6.92 Å². The van der Waals surface area contributed by atoms with Gasteiger partial charge in [-0.1, -0.05) is 70.8 Å². The first-order valence-corrected chi connectivity index (χ1v) is 13.6. The van der Waals surface area contributed by atoms with Crippen LogP contribution < -0.4 is 10.5 Å². The van der Waals surface area contributed by atoms with Crippen LogP contribution in [0.5, 0.6) is 5.75 Å². The van der Waals surface area contributed by atoms with Crippen molar-refractivity contribution in [3.63, 3.8) is 0 Å². The molecule has 0 aliphatic rings. The van der Waals surface area contributed by atoms with Gasteiger partial charge in [0.1, 0.15) is 5.75 Å². The minimum absolute atomic E-state index is 0.0774. The van der Waals surface area contributed by atoms with Gasteiger partial charge in [-0.2, -0.15) is 0 Å². The van der Waals surface area contributed by atoms with Crippen molar-refractivity contribution in [2.45, 2.75) is 87.4 Å². The van der Waals surface area contributed by atoms with Crippen molar-refractivity contribution < 1.29 is 29.6 Å². The molecule has 0 heterocycles. The summed E-state index contributed by atoms with van der Waals surface area (Å²) in [4.78, 5) is 23.6. The third-order valence-corrected chi connectivity index (χ3v) is 7.27. The normalized spacial score (nSPS) is 12.7. The first kappa shape index (κ1) is 29.5. The molecule has 2 aromatic carbocycles. The fraction of sp³-hybridized carbons (Fsp3) is 0.500. The average Bonchev–Trinajstić information content (AvgIpc) is 2.86. The van der Waals surface area contributed by atoms with E-state index in [1.807, 2.05) is 0 Å². The number of aromatic carboxylic acids is 1. The molecule has 2 aromatic rings. The number of rotatable bonds is 18. The lowest BCUT2D eigenvalue weighted by molar-refractivity contribution is -0.146. The molecule has 0 spiro atoms. The van der Waals surface area contributed by atoms with Gasteiger partial charge in [0.05, 0.1) is 17.4 Å². The molecule has 0 saturated carbocycles. The van der Waals surface area contributed by atoms with Crippen LogP contribution in [0.1, 0.15) is 92.3 Å². The number of thioether (sulfide) groups is 1. The number of carboxylic acid groups (broad SMARTS) is 2. The maximum atomic E-state index is 11.7. The summed E-state index contributed by atoms with van der Waals surface area (Å²) < 4.78 is 6.01. The number of anilines is 1. The summed E-state index contributed by atoms with van der Waals surface area (Å²) >= 11 is 1.06. The SMILES string of the molecule is CCCCCCCCCCCCOc1ccc(N)cc1C(Sc1cccc(C(=O)O)c1)C(O)C(=O)O. The number of benzene rings is 2. The van der Waals surface area contributed by atoms with Gasteiger partial charge >= 0.3 is 11.9 Å². The van der Waals surface area contributed by atoms with Crippen LogP contribution in [0.15, 0.2) is 47.4 Å². The minimum atomic E-state index is -1.75. The molecule has 5 N–H and O–H groups in total. The van der Waals surface area contributed by atoms with Gasteiger partial charge in [0.25, 0.3) is 0 Å². The summed E-state index contributed by atoms with van der Waals surface area (Å²) in [5.74, 6) is -2.01. The van der Waals surface area contributed by atoms with Crippen molar-refractivity contribution in [1.82, 2.24) is 0 Å². The van der Waals surface area contributed by atoms with Crippen LogP contribution in [0.25, 0.3) is 0 Å². The van der Waals surface area contributed by atoms with Crippen molar-refractivity contribution in [2.24, 2.45) is 0 Å². The number of hydrogen-bond acceptors (Lipinski definition) is 6. The zero-order chi connectivity index (χ0) is 26.3. The second-order valence-corrected chi connectivity index (χ2v) is 10.2. The second-order valence-electron chi connectivity index (χ2n) is 8.98. The summed E-state index contributed by atoms with van der Waals surface area (Å²) in [6.45, 7) is 2.70.